The number of carbonyl (C=O) groups excluding carboxylic acids is 1. The third-order valence-electron chi connectivity index (χ3n) is 2.73. The van der Waals surface area contributed by atoms with Crippen LogP contribution >= 0.6 is 7.82 Å². The van der Waals surface area contributed by atoms with Crippen LogP contribution in [0.25, 0.3) is 0 Å². The largest absolute Gasteiger partial charge is 0.472 e. The molecule has 0 spiro atoms. The van der Waals surface area contributed by atoms with Gasteiger partial charge in [0, 0.05) is 5.57 Å². The summed E-state index contributed by atoms with van der Waals surface area (Å²) in [5.74, 6) is -0.565. The van der Waals surface area contributed by atoms with Crippen molar-refractivity contribution in [2.24, 2.45) is 0 Å². The van der Waals surface area contributed by atoms with Crippen LogP contribution in [0.5, 0.6) is 0 Å². The third-order valence-corrected chi connectivity index (χ3v) is 3.74. The molecule has 0 aliphatic rings. The fourth-order valence-corrected chi connectivity index (χ4v) is 1.70. The second kappa shape index (κ2) is 8.54. The molecule has 1 atom stereocenters. The van der Waals surface area contributed by atoms with E-state index in [1.807, 2.05) is 21.0 Å². The minimum Gasteiger partial charge on any atom is -0.460 e. The van der Waals surface area contributed by atoms with Gasteiger partial charge in [-0.25, -0.2) is 9.36 Å². The van der Waals surface area contributed by atoms with Gasteiger partial charge in [0.15, 0.2) is 0 Å². The Morgan fingerprint density at radius 2 is 1.80 bits per heavy atom. The topological polar surface area (TPSA) is 82.1 Å². The maximum Gasteiger partial charge on any atom is 0.472 e. The third kappa shape index (κ3) is 9.23. The first-order valence-electron chi connectivity index (χ1n) is 6.36. The van der Waals surface area contributed by atoms with Crippen molar-refractivity contribution in [3.63, 3.8) is 0 Å². The first-order valence-corrected chi connectivity index (χ1v) is 7.85. The van der Waals surface area contributed by atoms with Gasteiger partial charge in [0.1, 0.15) is 19.8 Å². The number of ether oxygens (including phenoxy) is 1. The Hall–Kier alpha value is -0.720. The Morgan fingerprint density at radius 3 is 2.30 bits per heavy atom. The second-order valence-corrected chi connectivity index (χ2v) is 6.48. The first-order chi connectivity index (χ1) is 9.09. The van der Waals surface area contributed by atoms with Crippen molar-refractivity contribution in [1.29, 1.82) is 0 Å². The zero-order valence-corrected chi connectivity index (χ0v) is 13.5. The summed E-state index contributed by atoms with van der Waals surface area (Å²) in [6.07, 6.45) is 0. The standard InChI is InChI=1S/C12H24NO6P/c1-6-13(4,5)7-8-18-20(15,16)19-10-9-17-12(14)11(2)3/h2,6-10H2,1,3-5H3/p+1. The number of rotatable bonds is 10. The van der Waals surface area contributed by atoms with E-state index in [1.165, 1.54) is 6.92 Å². The summed E-state index contributed by atoms with van der Waals surface area (Å²) >= 11 is 0. The molecule has 118 valence electrons. The molecular formula is C12H25NO6P+. The van der Waals surface area contributed by atoms with Crippen LogP contribution in [0.1, 0.15) is 13.8 Å². The number of quaternary nitrogens is 1. The van der Waals surface area contributed by atoms with Crippen molar-refractivity contribution in [1.82, 2.24) is 0 Å². The summed E-state index contributed by atoms with van der Waals surface area (Å²) in [5.41, 5.74) is 0.257. The molecule has 0 aromatic carbocycles. The molecule has 0 fully saturated rings. The summed E-state index contributed by atoms with van der Waals surface area (Å²) in [4.78, 5) is 20.4. The molecule has 0 aromatic rings. The average Bonchev–Trinajstić information content (AvgIpc) is 2.33. The average molecular weight is 310 g/mol. The van der Waals surface area contributed by atoms with Crippen LogP contribution in [0, 0.1) is 0 Å². The number of esters is 1. The molecule has 0 heterocycles. The minimum atomic E-state index is -4.10. The minimum absolute atomic E-state index is 0.111. The van der Waals surface area contributed by atoms with E-state index >= 15 is 0 Å². The molecule has 0 amide bonds. The predicted molar refractivity (Wildman–Crippen MR) is 75.0 cm³/mol. The molecule has 8 heteroatoms. The molecular weight excluding hydrogens is 285 g/mol. The summed E-state index contributed by atoms with van der Waals surface area (Å²) in [7, 11) is -0.117. The second-order valence-electron chi connectivity index (χ2n) is 5.03. The number of hydrogen-bond acceptors (Lipinski definition) is 5. The quantitative estimate of drug-likeness (QED) is 0.215. The number of phosphoric ester groups is 1. The van der Waals surface area contributed by atoms with Crippen LogP contribution in [0.15, 0.2) is 12.2 Å². The zero-order valence-electron chi connectivity index (χ0n) is 12.6. The molecule has 1 N–H and O–H groups in total. The van der Waals surface area contributed by atoms with Gasteiger partial charge in [0.05, 0.1) is 27.2 Å². The van der Waals surface area contributed by atoms with Crippen molar-refractivity contribution in [2.75, 3.05) is 47.0 Å². The van der Waals surface area contributed by atoms with E-state index in [0.717, 1.165) is 6.54 Å². The van der Waals surface area contributed by atoms with Crippen molar-refractivity contribution >= 4 is 13.8 Å². The Labute approximate surface area is 120 Å². The van der Waals surface area contributed by atoms with Crippen LogP contribution in [-0.4, -0.2) is 62.4 Å². The van der Waals surface area contributed by atoms with Crippen molar-refractivity contribution < 1.29 is 32.5 Å². The van der Waals surface area contributed by atoms with Gasteiger partial charge < -0.3 is 14.1 Å². The zero-order chi connectivity index (χ0) is 15.8. The van der Waals surface area contributed by atoms with E-state index in [9.17, 15) is 14.3 Å². The van der Waals surface area contributed by atoms with Gasteiger partial charge >= 0.3 is 13.8 Å². The van der Waals surface area contributed by atoms with Gasteiger partial charge in [-0.3, -0.25) is 9.05 Å². The van der Waals surface area contributed by atoms with E-state index in [1.54, 1.807) is 0 Å². The summed E-state index contributed by atoms with van der Waals surface area (Å²) in [6.45, 7) is 8.19. The first kappa shape index (κ1) is 19.3. The van der Waals surface area contributed by atoms with Gasteiger partial charge in [0.25, 0.3) is 0 Å². The maximum atomic E-state index is 11.5. The van der Waals surface area contributed by atoms with Crippen LogP contribution in [0.4, 0.5) is 0 Å². The highest BCUT2D eigenvalue weighted by Gasteiger charge is 2.23. The molecule has 0 aromatic heterocycles. The van der Waals surface area contributed by atoms with Gasteiger partial charge in [-0.1, -0.05) is 6.58 Å². The number of phosphoric acid groups is 1. The van der Waals surface area contributed by atoms with Gasteiger partial charge in [-0.2, -0.15) is 0 Å². The lowest BCUT2D eigenvalue weighted by Crippen LogP contribution is -2.41. The number of nitrogens with zero attached hydrogens (tertiary/aromatic N) is 1. The number of likely N-dealkylation sites (N-methyl/N-ethyl adjacent to an activating group) is 1. The molecule has 0 aliphatic heterocycles. The Kier molecular flexibility index (Phi) is 8.23. The van der Waals surface area contributed by atoms with E-state index in [0.29, 0.717) is 11.0 Å². The molecule has 0 saturated heterocycles. The monoisotopic (exact) mass is 310 g/mol. The lowest BCUT2D eigenvalue weighted by molar-refractivity contribution is -0.888. The van der Waals surface area contributed by atoms with Crippen molar-refractivity contribution in [3.8, 4) is 0 Å². The molecule has 0 bridgehead atoms. The summed E-state index contributed by atoms with van der Waals surface area (Å²) in [5, 5.41) is 0. The summed E-state index contributed by atoms with van der Waals surface area (Å²) in [6, 6.07) is 0. The van der Waals surface area contributed by atoms with Crippen LogP contribution in [-0.2, 0) is 23.1 Å². The van der Waals surface area contributed by atoms with E-state index in [-0.39, 0.29) is 25.4 Å². The fraction of sp³-hybridized carbons (Fsp3) is 0.750. The van der Waals surface area contributed by atoms with E-state index < -0.39 is 13.8 Å². The van der Waals surface area contributed by atoms with Gasteiger partial charge in [0.2, 0.25) is 0 Å². The summed E-state index contributed by atoms with van der Waals surface area (Å²) < 4.78 is 26.4. The maximum absolute atomic E-state index is 11.5. The van der Waals surface area contributed by atoms with Crippen molar-refractivity contribution in [3.05, 3.63) is 12.2 Å². The van der Waals surface area contributed by atoms with E-state index in [2.05, 4.69) is 11.1 Å². The highest BCUT2D eigenvalue weighted by molar-refractivity contribution is 7.47. The lowest BCUT2D eigenvalue weighted by Gasteiger charge is -2.28. The smallest absolute Gasteiger partial charge is 0.460 e. The van der Waals surface area contributed by atoms with Crippen molar-refractivity contribution in [2.45, 2.75) is 13.8 Å². The number of hydrogen-bond donors (Lipinski definition) is 1. The Balaban J connectivity index is 3.88. The fourth-order valence-electron chi connectivity index (χ4n) is 1.01. The normalized spacial score (nSPS) is 14.7. The van der Waals surface area contributed by atoms with Gasteiger partial charge in [-0.05, 0) is 13.8 Å². The Bertz CT molecular complexity index is 382. The van der Waals surface area contributed by atoms with Crippen LogP contribution < -0.4 is 0 Å². The molecule has 0 aliphatic carbocycles. The highest BCUT2D eigenvalue weighted by Crippen LogP contribution is 2.42. The van der Waals surface area contributed by atoms with Gasteiger partial charge in [-0.15, -0.1) is 0 Å². The molecule has 0 rings (SSSR count). The molecule has 20 heavy (non-hydrogen) atoms. The van der Waals surface area contributed by atoms with E-state index in [4.69, 9.17) is 9.26 Å². The van der Waals surface area contributed by atoms with Crippen LogP contribution in [0.2, 0.25) is 0 Å². The molecule has 0 saturated carbocycles. The molecule has 7 nitrogen and oxygen atoms in total. The molecule has 0 radical (unpaired) electrons. The van der Waals surface area contributed by atoms with Crippen LogP contribution in [0.3, 0.4) is 0 Å². The predicted octanol–water partition coefficient (Wildman–Crippen LogP) is 1.34. The molecule has 1 unspecified atom stereocenters. The SMILES string of the molecule is C=C(C)C(=O)OCCOP(=O)(O)OCC[N+](C)(C)CC. The number of carbonyl (C=O) groups is 1. The highest BCUT2D eigenvalue weighted by atomic mass is 31.2. The lowest BCUT2D eigenvalue weighted by atomic mass is 10.4. The Morgan fingerprint density at radius 1 is 1.25 bits per heavy atom.